The van der Waals surface area contributed by atoms with Crippen LogP contribution in [0.5, 0.6) is 0 Å². The van der Waals surface area contributed by atoms with Gasteiger partial charge in [0, 0.05) is 23.0 Å². The molecule has 1 aromatic carbocycles. The summed E-state index contributed by atoms with van der Waals surface area (Å²) >= 11 is 18.5. The zero-order chi connectivity index (χ0) is 18.4. The van der Waals surface area contributed by atoms with E-state index in [-0.39, 0.29) is 21.1 Å². The van der Waals surface area contributed by atoms with Crippen LogP contribution in [0.1, 0.15) is 0 Å². The van der Waals surface area contributed by atoms with Crippen molar-refractivity contribution in [3.05, 3.63) is 72.6 Å². The van der Waals surface area contributed by atoms with Gasteiger partial charge in [0.25, 0.3) is 5.56 Å². The molecule has 10 heteroatoms. The summed E-state index contributed by atoms with van der Waals surface area (Å²) in [5, 5.41) is 5.44. The number of H-pyrrole nitrogens is 2. The van der Waals surface area contributed by atoms with E-state index in [0.717, 1.165) is 0 Å². The van der Waals surface area contributed by atoms with Crippen LogP contribution in [-0.2, 0) is 0 Å². The van der Waals surface area contributed by atoms with Crippen LogP contribution >= 0.6 is 34.8 Å². The van der Waals surface area contributed by atoms with Gasteiger partial charge in [0.15, 0.2) is 5.65 Å². The lowest BCUT2D eigenvalue weighted by molar-refractivity contribution is 0.892. The van der Waals surface area contributed by atoms with Crippen LogP contribution in [0.2, 0.25) is 15.1 Å². The van der Waals surface area contributed by atoms with Crippen molar-refractivity contribution < 1.29 is 0 Å². The molecule has 0 aliphatic rings. The summed E-state index contributed by atoms with van der Waals surface area (Å²) in [7, 11) is 0. The lowest BCUT2D eigenvalue weighted by Crippen LogP contribution is -2.22. The zero-order valence-corrected chi connectivity index (χ0v) is 15.0. The second-order valence-electron chi connectivity index (χ2n) is 5.35. The first-order valence-electron chi connectivity index (χ1n) is 7.26. The fraction of sp³-hybridized carbons (Fsp3) is 0. The predicted molar refractivity (Wildman–Crippen MR) is 101 cm³/mol. The van der Waals surface area contributed by atoms with Crippen molar-refractivity contribution in [2.24, 2.45) is 0 Å². The van der Waals surface area contributed by atoms with Crippen LogP contribution in [0.25, 0.3) is 28.0 Å². The van der Waals surface area contributed by atoms with Crippen molar-refractivity contribution in [1.29, 1.82) is 0 Å². The summed E-state index contributed by atoms with van der Waals surface area (Å²) in [4.78, 5) is 33.0. The van der Waals surface area contributed by atoms with Crippen LogP contribution in [0.4, 0.5) is 0 Å². The fourth-order valence-corrected chi connectivity index (χ4v) is 3.64. The number of hydrogen-bond acceptors (Lipinski definition) is 4. The molecule has 0 aliphatic heterocycles. The Morgan fingerprint density at radius 1 is 0.962 bits per heavy atom. The van der Waals surface area contributed by atoms with Gasteiger partial charge in [-0.3, -0.25) is 19.7 Å². The smallest absolute Gasteiger partial charge is 0.291 e. The quantitative estimate of drug-likeness (QED) is 0.531. The van der Waals surface area contributed by atoms with Crippen LogP contribution in [0.15, 0.2) is 46.2 Å². The van der Waals surface area contributed by atoms with E-state index in [1.807, 2.05) is 0 Å². The lowest BCUT2D eigenvalue weighted by atomic mass is 10.1. The van der Waals surface area contributed by atoms with E-state index in [2.05, 4.69) is 20.1 Å². The van der Waals surface area contributed by atoms with Gasteiger partial charge in [0.05, 0.1) is 10.0 Å². The van der Waals surface area contributed by atoms with E-state index in [0.29, 0.717) is 22.0 Å². The van der Waals surface area contributed by atoms with Gasteiger partial charge in [-0.1, -0.05) is 34.8 Å². The third kappa shape index (κ3) is 2.70. The molecule has 0 bridgehead atoms. The number of nitrogens with one attached hydrogen (secondary N) is 2. The first-order valence-corrected chi connectivity index (χ1v) is 8.40. The summed E-state index contributed by atoms with van der Waals surface area (Å²) in [5.41, 5.74) is 0.194. The predicted octanol–water partition coefficient (Wildman–Crippen LogP) is 3.42. The average Bonchev–Trinajstić information content (AvgIpc) is 2.94. The molecule has 0 amide bonds. The summed E-state index contributed by atoms with van der Waals surface area (Å²) in [6.45, 7) is 0. The number of benzene rings is 1. The molecular formula is C16H8Cl3N5O2. The molecule has 4 aromatic rings. The molecule has 0 radical (unpaired) electrons. The molecule has 26 heavy (non-hydrogen) atoms. The maximum Gasteiger partial charge on any atom is 0.327 e. The summed E-state index contributed by atoms with van der Waals surface area (Å²) < 4.78 is 1.32. The Morgan fingerprint density at radius 3 is 2.27 bits per heavy atom. The largest absolute Gasteiger partial charge is 0.327 e. The fourth-order valence-electron chi connectivity index (χ4n) is 2.66. The molecule has 7 nitrogen and oxygen atoms in total. The number of halogens is 3. The average molecular weight is 409 g/mol. The third-order valence-corrected chi connectivity index (χ3v) is 4.51. The van der Waals surface area contributed by atoms with E-state index < -0.39 is 11.2 Å². The first-order chi connectivity index (χ1) is 12.5. The molecule has 0 fully saturated rings. The third-order valence-electron chi connectivity index (χ3n) is 3.72. The Morgan fingerprint density at radius 2 is 1.62 bits per heavy atom. The number of aromatic amines is 2. The summed E-state index contributed by atoms with van der Waals surface area (Å²) in [5.74, 6) is 0. The minimum absolute atomic E-state index is 0.164. The Hall–Kier alpha value is -2.61. The highest BCUT2D eigenvalue weighted by molar-refractivity contribution is 6.40. The van der Waals surface area contributed by atoms with E-state index in [1.165, 1.54) is 16.8 Å². The highest BCUT2D eigenvalue weighted by atomic mass is 35.5. The first kappa shape index (κ1) is 16.8. The molecule has 4 rings (SSSR count). The topological polar surface area (TPSA) is 96.4 Å². The van der Waals surface area contributed by atoms with Gasteiger partial charge in [0.1, 0.15) is 16.8 Å². The van der Waals surface area contributed by atoms with Gasteiger partial charge >= 0.3 is 5.69 Å². The number of nitrogens with zero attached hydrogens (tertiary/aromatic N) is 3. The number of aromatic nitrogens is 5. The standard InChI is InChI=1S/C16H8Cl3N5O2/c17-8-5-9(18)13(10(19)6-8)24-14-11(15(25)22-16(26)21-14)12(23-24)7-1-3-20-4-2-7/h1-6H,(H2,21,22,25,26). The molecule has 0 saturated heterocycles. The van der Waals surface area contributed by atoms with Crippen molar-refractivity contribution in [3.63, 3.8) is 0 Å². The molecule has 2 N–H and O–H groups in total. The Kier molecular flexibility index (Phi) is 4.07. The van der Waals surface area contributed by atoms with Crippen molar-refractivity contribution in [2.75, 3.05) is 0 Å². The van der Waals surface area contributed by atoms with Crippen molar-refractivity contribution in [2.45, 2.75) is 0 Å². The number of hydrogen-bond donors (Lipinski definition) is 2. The Labute approximate surface area is 160 Å². The second-order valence-corrected chi connectivity index (χ2v) is 6.60. The molecule has 3 aromatic heterocycles. The van der Waals surface area contributed by atoms with Gasteiger partial charge in [-0.2, -0.15) is 5.10 Å². The van der Waals surface area contributed by atoms with Gasteiger partial charge in [-0.05, 0) is 24.3 Å². The number of pyridine rings is 1. The van der Waals surface area contributed by atoms with Gasteiger partial charge in [0.2, 0.25) is 0 Å². The van der Waals surface area contributed by atoms with Crippen LogP contribution in [-0.4, -0.2) is 24.7 Å². The van der Waals surface area contributed by atoms with Gasteiger partial charge in [-0.25, -0.2) is 9.48 Å². The SMILES string of the molecule is O=c1[nH]c(=O)c2c(-c3ccncc3)nn(-c3c(Cl)cc(Cl)cc3Cl)c2[nH]1. The van der Waals surface area contributed by atoms with Crippen molar-refractivity contribution in [3.8, 4) is 16.9 Å². The highest BCUT2D eigenvalue weighted by Crippen LogP contribution is 2.34. The number of fused-ring (bicyclic) bond motifs is 1. The van der Waals surface area contributed by atoms with E-state index >= 15 is 0 Å². The Balaban J connectivity index is 2.16. The summed E-state index contributed by atoms with van der Waals surface area (Å²) in [6.07, 6.45) is 3.14. The lowest BCUT2D eigenvalue weighted by Gasteiger charge is -2.08. The van der Waals surface area contributed by atoms with E-state index in [4.69, 9.17) is 34.8 Å². The van der Waals surface area contributed by atoms with Crippen LogP contribution in [0.3, 0.4) is 0 Å². The van der Waals surface area contributed by atoms with Crippen LogP contribution < -0.4 is 11.2 Å². The maximum atomic E-state index is 12.4. The van der Waals surface area contributed by atoms with Gasteiger partial charge < -0.3 is 0 Å². The van der Waals surface area contributed by atoms with E-state index in [9.17, 15) is 9.59 Å². The van der Waals surface area contributed by atoms with E-state index in [1.54, 1.807) is 24.5 Å². The minimum atomic E-state index is -0.675. The molecule has 0 atom stereocenters. The molecule has 0 spiro atoms. The van der Waals surface area contributed by atoms with Gasteiger partial charge in [-0.15, -0.1) is 0 Å². The highest BCUT2D eigenvalue weighted by Gasteiger charge is 2.21. The monoisotopic (exact) mass is 407 g/mol. The molecule has 130 valence electrons. The van der Waals surface area contributed by atoms with Crippen LogP contribution in [0, 0.1) is 0 Å². The second kappa shape index (κ2) is 6.28. The molecule has 0 aliphatic carbocycles. The van der Waals surface area contributed by atoms with Crippen molar-refractivity contribution >= 4 is 45.8 Å². The molecule has 0 saturated carbocycles. The Bertz CT molecular complexity index is 1240. The summed E-state index contributed by atoms with van der Waals surface area (Å²) in [6, 6.07) is 6.38. The molecule has 0 unspecified atom stereocenters. The number of rotatable bonds is 2. The normalized spacial score (nSPS) is 11.2. The zero-order valence-electron chi connectivity index (χ0n) is 12.8. The minimum Gasteiger partial charge on any atom is -0.291 e. The van der Waals surface area contributed by atoms with Crippen molar-refractivity contribution in [1.82, 2.24) is 24.7 Å². The molecule has 3 heterocycles. The maximum absolute atomic E-state index is 12.4. The molecular weight excluding hydrogens is 401 g/mol.